The number of nitrogens with one attached hydrogen (secondary N) is 1. The van der Waals surface area contributed by atoms with E-state index in [9.17, 15) is 9.59 Å². The van der Waals surface area contributed by atoms with Crippen molar-refractivity contribution in [3.05, 3.63) is 84.7 Å². The minimum absolute atomic E-state index is 0.0506. The normalized spacial score (nSPS) is 15.3. The van der Waals surface area contributed by atoms with Crippen LogP contribution in [0.4, 0.5) is 11.4 Å². The fourth-order valence-electron chi connectivity index (χ4n) is 3.96. The van der Waals surface area contributed by atoms with E-state index in [1.54, 1.807) is 41.6 Å². The molecule has 0 aliphatic carbocycles. The first-order valence-electron chi connectivity index (χ1n) is 11.2. The second-order valence-electron chi connectivity index (χ2n) is 8.36. The molecule has 1 atom stereocenters. The lowest BCUT2D eigenvalue weighted by atomic mass is 10.1. The first-order chi connectivity index (χ1) is 17.0. The zero-order valence-electron chi connectivity index (χ0n) is 19.4. The molecule has 9 nitrogen and oxygen atoms in total. The predicted molar refractivity (Wildman–Crippen MR) is 131 cm³/mol. The molecule has 0 saturated carbocycles. The third-order valence-corrected chi connectivity index (χ3v) is 6.03. The summed E-state index contributed by atoms with van der Waals surface area (Å²) in [6.07, 6.45) is 3.34. The molecule has 9 heteroatoms. The number of imidazole rings is 1. The quantitative estimate of drug-likeness (QED) is 0.458. The van der Waals surface area contributed by atoms with Gasteiger partial charge >= 0.3 is 0 Å². The molecule has 2 amide bonds. The van der Waals surface area contributed by atoms with Gasteiger partial charge in [0.15, 0.2) is 0 Å². The summed E-state index contributed by atoms with van der Waals surface area (Å²) in [6, 6.07) is 18.1. The summed E-state index contributed by atoms with van der Waals surface area (Å²) >= 11 is 0. The number of aryl methyl sites for hydroxylation is 1. The van der Waals surface area contributed by atoms with Gasteiger partial charge < -0.3 is 15.0 Å². The minimum Gasteiger partial charge on any atom is -0.439 e. The average Bonchev–Trinajstić information content (AvgIpc) is 3.43. The second kappa shape index (κ2) is 9.38. The van der Waals surface area contributed by atoms with Crippen LogP contribution in [0.5, 0.6) is 11.6 Å². The van der Waals surface area contributed by atoms with Gasteiger partial charge in [-0.3, -0.25) is 14.2 Å². The number of aromatic nitrogens is 4. The van der Waals surface area contributed by atoms with E-state index < -0.39 is 5.92 Å². The van der Waals surface area contributed by atoms with Crippen LogP contribution in [-0.4, -0.2) is 37.9 Å². The lowest BCUT2D eigenvalue weighted by Gasteiger charge is -2.16. The van der Waals surface area contributed by atoms with Gasteiger partial charge in [-0.2, -0.15) is 0 Å². The fraction of sp³-hybridized carbons (Fsp3) is 0.192. The highest BCUT2D eigenvalue weighted by atomic mass is 16.5. The number of amides is 2. The van der Waals surface area contributed by atoms with Crippen molar-refractivity contribution in [1.29, 1.82) is 0 Å². The third-order valence-electron chi connectivity index (χ3n) is 6.03. The maximum Gasteiger partial charge on any atom is 0.229 e. The number of ether oxygens (including phenoxy) is 1. The zero-order chi connectivity index (χ0) is 24.4. The van der Waals surface area contributed by atoms with Crippen molar-refractivity contribution in [3.8, 4) is 17.4 Å². The molecule has 2 aromatic carbocycles. The molecule has 5 rings (SSSR count). The summed E-state index contributed by atoms with van der Waals surface area (Å²) in [7, 11) is 0. The third kappa shape index (κ3) is 4.74. The van der Waals surface area contributed by atoms with E-state index in [1.165, 1.54) is 6.33 Å². The summed E-state index contributed by atoms with van der Waals surface area (Å²) in [5.74, 6) is 0.976. The Morgan fingerprint density at radius 2 is 1.80 bits per heavy atom. The number of carbonyl (C=O) groups excluding carboxylic acids is 2. The summed E-state index contributed by atoms with van der Waals surface area (Å²) < 4.78 is 7.75. The Hall–Kier alpha value is -4.53. The van der Waals surface area contributed by atoms with E-state index in [1.807, 2.05) is 48.7 Å². The lowest BCUT2D eigenvalue weighted by Crippen LogP contribution is -2.28. The molecular formula is C26H24N6O3. The van der Waals surface area contributed by atoms with E-state index in [0.29, 0.717) is 29.7 Å². The molecule has 1 unspecified atom stereocenters. The molecule has 1 fully saturated rings. The van der Waals surface area contributed by atoms with Gasteiger partial charge in [-0.05, 0) is 50.2 Å². The van der Waals surface area contributed by atoms with Gasteiger partial charge in [-0.15, -0.1) is 0 Å². The highest BCUT2D eigenvalue weighted by Crippen LogP contribution is 2.27. The Kier molecular flexibility index (Phi) is 5.97. The van der Waals surface area contributed by atoms with Crippen molar-refractivity contribution in [1.82, 2.24) is 19.5 Å². The van der Waals surface area contributed by atoms with Crippen LogP contribution in [0.2, 0.25) is 0 Å². The maximum absolute atomic E-state index is 12.8. The SMILES string of the molecule is Cc1ncn(-c2cc(Oc3ccc(NC(=O)C4CC(=O)N(c5ccccc5)C4)cc3)ncn2)c1C. The summed E-state index contributed by atoms with van der Waals surface area (Å²) in [6.45, 7) is 4.27. The second-order valence-corrected chi connectivity index (χ2v) is 8.36. The minimum atomic E-state index is -0.409. The van der Waals surface area contributed by atoms with Crippen LogP contribution in [0.25, 0.3) is 5.82 Å². The number of nitrogens with zero attached hydrogens (tertiary/aromatic N) is 5. The Labute approximate surface area is 202 Å². The van der Waals surface area contributed by atoms with Crippen molar-refractivity contribution >= 4 is 23.2 Å². The van der Waals surface area contributed by atoms with Crippen LogP contribution < -0.4 is 15.0 Å². The van der Waals surface area contributed by atoms with Crippen molar-refractivity contribution in [2.45, 2.75) is 20.3 Å². The maximum atomic E-state index is 12.8. The fourth-order valence-corrected chi connectivity index (χ4v) is 3.96. The molecule has 0 bridgehead atoms. The van der Waals surface area contributed by atoms with E-state index in [0.717, 1.165) is 17.1 Å². The first-order valence-corrected chi connectivity index (χ1v) is 11.2. The highest BCUT2D eigenvalue weighted by molar-refractivity contribution is 6.03. The van der Waals surface area contributed by atoms with Crippen LogP contribution in [0.3, 0.4) is 0 Å². The van der Waals surface area contributed by atoms with Crippen LogP contribution in [0.15, 0.2) is 73.3 Å². The number of carbonyl (C=O) groups is 2. The summed E-state index contributed by atoms with van der Waals surface area (Å²) in [5, 5.41) is 2.90. The smallest absolute Gasteiger partial charge is 0.229 e. The molecule has 1 N–H and O–H groups in total. The number of hydrogen-bond donors (Lipinski definition) is 1. The van der Waals surface area contributed by atoms with Crippen molar-refractivity contribution in [3.63, 3.8) is 0 Å². The van der Waals surface area contributed by atoms with Crippen LogP contribution in [0, 0.1) is 19.8 Å². The topological polar surface area (TPSA) is 102 Å². The number of para-hydroxylation sites is 1. The van der Waals surface area contributed by atoms with Crippen molar-refractivity contribution < 1.29 is 14.3 Å². The van der Waals surface area contributed by atoms with E-state index in [-0.39, 0.29) is 18.2 Å². The Balaban J connectivity index is 1.21. The molecule has 4 aromatic rings. The van der Waals surface area contributed by atoms with Gasteiger partial charge in [0.05, 0.1) is 11.6 Å². The Bertz CT molecular complexity index is 1370. The Morgan fingerprint density at radius 3 is 2.51 bits per heavy atom. The van der Waals surface area contributed by atoms with Gasteiger partial charge in [0, 0.05) is 36.1 Å². The molecule has 35 heavy (non-hydrogen) atoms. The number of rotatable bonds is 6. The van der Waals surface area contributed by atoms with Crippen LogP contribution in [0.1, 0.15) is 17.8 Å². The van der Waals surface area contributed by atoms with Crippen LogP contribution >= 0.6 is 0 Å². The average molecular weight is 469 g/mol. The number of anilines is 2. The summed E-state index contributed by atoms with van der Waals surface area (Å²) in [4.78, 5) is 39.6. The van der Waals surface area contributed by atoms with Crippen molar-refractivity contribution in [2.75, 3.05) is 16.8 Å². The monoisotopic (exact) mass is 468 g/mol. The van der Waals surface area contributed by atoms with E-state index >= 15 is 0 Å². The standard InChI is InChI=1S/C26H24N6O3/c1-17-18(2)32(16-29-17)23-13-24(28-15-27-23)35-22-10-8-20(9-11-22)30-26(34)19-12-25(33)31(14-19)21-6-4-3-5-7-21/h3-11,13,15-16,19H,12,14H2,1-2H3,(H,30,34). The number of hydrogen-bond acceptors (Lipinski definition) is 6. The summed E-state index contributed by atoms with van der Waals surface area (Å²) in [5.41, 5.74) is 3.35. The van der Waals surface area contributed by atoms with Crippen LogP contribution in [-0.2, 0) is 9.59 Å². The molecule has 1 aliphatic heterocycles. The van der Waals surface area contributed by atoms with E-state index in [4.69, 9.17) is 4.74 Å². The van der Waals surface area contributed by atoms with Gasteiger partial charge in [0.1, 0.15) is 24.2 Å². The van der Waals surface area contributed by atoms with Gasteiger partial charge in [0.25, 0.3) is 0 Å². The lowest BCUT2D eigenvalue weighted by molar-refractivity contribution is -0.122. The molecule has 0 spiro atoms. The molecule has 1 aliphatic rings. The molecular weight excluding hydrogens is 444 g/mol. The first kappa shape index (κ1) is 22.3. The number of benzene rings is 2. The van der Waals surface area contributed by atoms with Gasteiger partial charge in [0.2, 0.25) is 17.7 Å². The van der Waals surface area contributed by atoms with E-state index in [2.05, 4.69) is 20.3 Å². The van der Waals surface area contributed by atoms with Crippen molar-refractivity contribution in [2.24, 2.45) is 5.92 Å². The molecule has 1 saturated heterocycles. The Morgan fingerprint density at radius 1 is 1.03 bits per heavy atom. The predicted octanol–water partition coefficient (Wildman–Crippen LogP) is 4.06. The molecule has 0 radical (unpaired) electrons. The molecule has 176 valence electrons. The largest absolute Gasteiger partial charge is 0.439 e. The molecule has 3 heterocycles. The van der Waals surface area contributed by atoms with Gasteiger partial charge in [-0.1, -0.05) is 18.2 Å². The van der Waals surface area contributed by atoms with Gasteiger partial charge in [-0.25, -0.2) is 15.0 Å². The zero-order valence-corrected chi connectivity index (χ0v) is 19.4. The molecule has 2 aromatic heterocycles. The highest BCUT2D eigenvalue weighted by Gasteiger charge is 2.35.